The molecule has 1 aliphatic rings. The minimum Gasteiger partial charge on any atom is -0.351 e. The Morgan fingerprint density at radius 1 is 1.08 bits per heavy atom. The maximum Gasteiger partial charge on any atom is 0.230 e. The van der Waals surface area contributed by atoms with Gasteiger partial charge < -0.3 is 10.2 Å². The molecule has 1 N–H and O–H groups in total. The van der Waals surface area contributed by atoms with Gasteiger partial charge in [0.2, 0.25) is 5.91 Å². The molecule has 0 bridgehead atoms. The van der Waals surface area contributed by atoms with Gasteiger partial charge in [-0.1, -0.05) is 48.5 Å². The van der Waals surface area contributed by atoms with Crippen molar-refractivity contribution in [2.24, 2.45) is 0 Å². The molecule has 1 aliphatic heterocycles. The number of piperidine rings is 1. The molecule has 0 aromatic heterocycles. The summed E-state index contributed by atoms with van der Waals surface area (Å²) in [5, 5.41) is 3.22. The van der Waals surface area contributed by atoms with Gasteiger partial charge in [0.15, 0.2) is 0 Å². The number of nitrogens with one attached hydrogen (secondary N) is 1. The number of nitrogens with zero attached hydrogens (tertiary/aromatic N) is 1. The highest BCUT2D eigenvalue weighted by atomic mass is 32.2. The van der Waals surface area contributed by atoms with Gasteiger partial charge in [-0.3, -0.25) is 4.79 Å². The van der Waals surface area contributed by atoms with Crippen molar-refractivity contribution in [1.29, 1.82) is 0 Å². The fourth-order valence-electron chi connectivity index (χ4n) is 3.24. The summed E-state index contributed by atoms with van der Waals surface area (Å²) in [4.78, 5) is 15.8. The van der Waals surface area contributed by atoms with E-state index in [1.165, 1.54) is 5.56 Å². The molecule has 1 heterocycles. The Kier molecular flexibility index (Phi) is 6.95. The summed E-state index contributed by atoms with van der Waals surface area (Å²) in [5.74, 6) is 0.633. The van der Waals surface area contributed by atoms with Gasteiger partial charge in [-0.15, -0.1) is 11.8 Å². The van der Waals surface area contributed by atoms with E-state index in [1.54, 1.807) is 11.8 Å². The van der Waals surface area contributed by atoms with Crippen LogP contribution in [0, 0.1) is 0 Å². The lowest BCUT2D eigenvalue weighted by molar-refractivity contribution is -0.119. The highest BCUT2D eigenvalue weighted by Gasteiger charge is 2.21. The van der Waals surface area contributed by atoms with E-state index < -0.39 is 0 Å². The maximum absolute atomic E-state index is 12.2. The van der Waals surface area contributed by atoms with Gasteiger partial charge in [0, 0.05) is 24.0 Å². The first-order valence-corrected chi connectivity index (χ1v) is 10.0. The maximum atomic E-state index is 12.2. The van der Waals surface area contributed by atoms with Gasteiger partial charge >= 0.3 is 0 Å². The quantitative estimate of drug-likeness (QED) is 0.771. The first kappa shape index (κ1) is 18.0. The SMILES string of the molecule is O=C(CSc1ccccc1)NC1CCCN(CCc2ccccc2)C1. The van der Waals surface area contributed by atoms with Crippen molar-refractivity contribution in [1.82, 2.24) is 10.2 Å². The molecule has 1 unspecified atom stereocenters. The number of carbonyl (C=O) groups is 1. The summed E-state index contributed by atoms with van der Waals surface area (Å²) < 4.78 is 0. The minimum absolute atomic E-state index is 0.142. The monoisotopic (exact) mass is 354 g/mol. The summed E-state index contributed by atoms with van der Waals surface area (Å²) in [6.07, 6.45) is 3.32. The van der Waals surface area contributed by atoms with Gasteiger partial charge in [0.25, 0.3) is 0 Å². The van der Waals surface area contributed by atoms with E-state index in [0.717, 1.165) is 43.8 Å². The molecule has 132 valence electrons. The molecule has 0 aliphatic carbocycles. The molecule has 0 radical (unpaired) electrons. The predicted molar refractivity (Wildman–Crippen MR) is 105 cm³/mol. The van der Waals surface area contributed by atoms with E-state index in [2.05, 4.69) is 40.5 Å². The summed E-state index contributed by atoms with van der Waals surface area (Å²) in [6, 6.07) is 21.0. The number of benzene rings is 2. The summed E-state index contributed by atoms with van der Waals surface area (Å²) in [5.41, 5.74) is 1.38. The standard InChI is InChI=1S/C21H26N2OS/c24-21(17-25-20-11-5-2-6-12-20)22-19-10-7-14-23(16-19)15-13-18-8-3-1-4-9-18/h1-6,8-9,11-12,19H,7,10,13-17H2,(H,22,24). The van der Waals surface area contributed by atoms with E-state index in [-0.39, 0.29) is 11.9 Å². The summed E-state index contributed by atoms with van der Waals surface area (Å²) >= 11 is 1.60. The van der Waals surface area contributed by atoms with Crippen molar-refractivity contribution in [3.8, 4) is 0 Å². The van der Waals surface area contributed by atoms with Crippen molar-refractivity contribution < 1.29 is 4.79 Å². The average molecular weight is 355 g/mol. The van der Waals surface area contributed by atoms with Gasteiger partial charge in [-0.2, -0.15) is 0 Å². The van der Waals surface area contributed by atoms with Gasteiger partial charge in [-0.25, -0.2) is 0 Å². The number of likely N-dealkylation sites (tertiary alicyclic amines) is 1. The molecular weight excluding hydrogens is 328 g/mol. The van der Waals surface area contributed by atoms with E-state index in [9.17, 15) is 4.79 Å². The van der Waals surface area contributed by atoms with Crippen molar-refractivity contribution in [2.75, 3.05) is 25.4 Å². The van der Waals surface area contributed by atoms with Crippen molar-refractivity contribution in [2.45, 2.75) is 30.2 Å². The topological polar surface area (TPSA) is 32.3 Å². The van der Waals surface area contributed by atoms with Gasteiger partial charge in [0.1, 0.15) is 0 Å². The zero-order chi connectivity index (χ0) is 17.3. The number of thioether (sulfide) groups is 1. The Labute approximate surface area is 154 Å². The minimum atomic E-state index is 0.142. The van der Waals surface area contributed by atoms with E-state index in [0.29, 0.717) is 5.75 Å². The second-order valence-electron chi connectivity index (χ2n) is 6.54. The number of carbonyl (C=O) groups excluding carboxylic acids is 1. The fourth-order valence-corrected chi connectivity index (χ4v) is 3.97. The lowest BCUT2D eigenvalue weighted by atomic mass is 10.0. The molecular formula is C21H26N2OS. The fraction of sp³-hybridized carbons (Fsp3) is 0.381. The van der Waals surface area contributed by atoms with Crippen LogP contribution in [0.1, 0.15) is 18.4 Å². The number of hydrogen-bond donors (Lipinski definition) is 1. The van der Waals surface area contributed by atoms with Crippen molar-refractivity contribution >= 4 is 17.7 Å². The molecule has 2 aromatic rings. The first-order chi connectivity index (χ1) is 12.3. The van der Waals surface area contributed by atoms with Crippen LogP contribution >= 0.6 is 11.8 Å². The van der Waals surface area contributed by atoms with Crippen LogP contribution in [0.2, 0.25) is 0 Å². The highest BCUT2D eigenvalue weighted by molar-refractivity contribution is 8.00. The second-order valence-corrected chi connectivity index (χ2v) is 7.59. The van der Waals surface area contributed by atoms with Crippen LogP contribution < -0.4 is 5.32 Å². The lowest BCUT2D eigenvalue weighted by Gasteiger charge is -2.33. The Morgan fingerprint density at radius 2 is 1.80 bits per heavy atom. The smallest absolute Gasteiger partial charge is 0.230 e. The number of rotatable bonds is 7. The molecule has 0 saturated carbocycles. The Balaban J connectivity index is 1.39. The predicted octanol–water partition coefficient (Wildman–Crippen LogP) is 3.60. The van der Waals surface area contributed by atoms with Crippen LogP contribution in [-0.2, 0) is 11.2 Å². The van der Waals surface area contributed by atoms with Crippen LogP contribution in [0.5, 0.6) is 0 Å². The highest BCUT2D eigenvalue weighted by Crippen LogP contribution is 2.17. The number of amides is 1. The van der Waals surface area contributed by atoms with Crippen LogP contribution in [0.25, 0.3) is 0 Å². The third-order valence-corrected chi connectivity index (χ3v) is 5.56. The normalized spacial score (nSPS) is 18.0. The summed E-state index contributed by atoms with van der Waals surface area (Å²) in [6.45, 7) is 3.17. The molecule has 4 heteroatoms. The van der Waals surface area contributed by atoms with E-state index in [4.69, 9.17) is 0 Å². The van der Waals surface area contributed by atoms with E-state index in [1.807, 2.05) is 30.3 Å². The largest absolute Gasteiger partial charge is 0.351 e. The Bertz CT molecular complexity index is 647. The van der Waals surface area contributed by atoms with Crippen molar-refractivity contribution in [3.05, 3.63) is 66.2 Å². The van der Waals surface area contributed by atoms with E-state index >= 15 is 0 Å². The third-order valence-electron chi connectivity index (χ3n) is 4.54. The molecule has 1 fully saturated rings. The number of hydrogen-bond acceptors (Lipinski definition) is 3. The zero-order valence-corrected chi connectivity index (χ0v) is 15.4. The molecule has 1 saturated heterocycles. The molecule has 3 rings (SSSR count). The van der Waals surface area contributed by atoms with Gasteiger partial charge in [-0.05, 0) is 43.5 Å². The van der Waals surface area contributed by atoms with Crippen LogP contribution in [0.4, 0.5) is 0 Å². The molecule has 1 atom stereocenters. The molecule has 0 spiro atoms. The lowest BCUT2D eigenvalue weighted by Crippen LogP contribution is -2.48. The van der Waals surface area contributed by atoms with Crippen molar-refractivity contribution in [3.63, 3.8) is 0 Å². The molecule has 25 heavy (non-hydrogen) atoms. The molecule has 1 amide bonds. The zero-order valence-electron chi connectivity index (χ0n) is 14.6. The van der Waals surface area contributed by atoms with Crippen LogP contribution in [-0.4, -0.2) is 42.2 Å². The van der Waals surface area contributed by atoms with Gasteiger partial charge in [0.05, 0.1) is 5.75 Å². The summed E-state index contributed by atoms with van der Waals surface area (Å²) in [7, 11) is 0. The van der Waals surface area contributed by atoms with Crippen LogP contribution in [0.15, 0.2) is 65.6 Å². The Morgan fingerprint density at radius 3 is 2.56 bits per heavy atom. The molecule has 2 aromatic carbocycles. The Hall–Kier alpha value is -1.78. The second kappa shape index (κ2) is 9.64. The third kappa shape index (κ3) is 6.22. The molecule has 3 nitrogen and oxygen atoms in total. The van der Waals surface area contributed by atoms with Crippen LogP contribution in [0.3, 0.4) is 0 Å². The average Bonchev–Trinajstić information content (AvgIpc) is 2.67. The first-order valence-electron chi connectivity index (χ1n) is 9.03.